The van der Waals surface area contributed by atoms with Gasteiger partial charge in [-0.05, 0) is 18.6 Å². The van der Waals surface area contributed by atoms with Crippen molar-refractivity contribution in [2.24, 2.45) is 5.92 Å². The summed E-state index contributed by atoms with van der Waals surface area (Å²) in [5.74, 6) is 0.395. The molecule has 1 atom stereocenters. The van der Waals surface area contributed by atoms with Gasteiger partial charge in [-0.2, -0.15) is 0 Å². The van der Waals surface area contributed by atoms with E-state index in [4.69, 9.17) is 0 Å². The average Bonchev–Trinajstić information content (AvgIpc) is 2.72. The van der Waals surface area contributed by atoms with Gasteiger partial charge in [0.15, 0.2) is 5.78 Å². The van der Waals surface area contributed by atoms with Gasteiger partial charge in [-0.3, -0.25) is 4.79 Å². The second-order valence-corrected chi connectivity index (χ2v) is 4.14. The molecule has 1 unspecified atom stereocenters. The fourth-order valence-corrected chi connectivity index (χ4v) is 1.69. The smallest absolute Gasteiger partial charge is 0.155 e. The molecule has 0 fully saturated rings. The molecular formula is C13H16N2O. The van der Waals surface area contributed by atoms with Crippen LogP contribution in [-0.4, -0.2) is 15.3 Å². The highest BCUT2D eigenvalue weighted by Crippen LogP contribution is 2.13. The highest BCUT2D eigenvalue weighted by atomic mass is 16.1. The van der Waals surface area contributed by atoms with Crippen molar-refractivity contribution in [2.45, 2.75) is 26.8 Å². The molecule has 0 aliphatic heterocycles. The van der Waals surface area contributed by atoms with Crippen molar-refractivity contribution in [3.63, 3.8) is 0 Å². The van der Waals surface area contributed by atoms with Gasteiger partial charge in [0.2, 0.25) is 0 Å². The van der Waals surface area contributed by atoms with Gasteiger partial charge < -0.3 is 4.57 Å². The minimum Gasteiger partial charge on any atom is -0.323 e. The fourth-order valence-electron chi connectivity index (χ4n) is 1.69. The molecular weight excluding hydrogens is 200 g/mol. The number of carbonyl (C=O) groups is 1. The van der Waals surface area contributed by atoms with E-state index >= 15 is 0 Å². The summed E-state index contributed by atoms with van der Waals surface area (Å²) in [5.41, 5.74) is 1.97. The normalized spacial score (nSPS) is 12.9. The van der Waals surface area contributed by atoms with Crippen LogP contribution in [0.4, 0.5) is 0 Å². The van der Waals surface area contributed by atoms with Crippen LogP contribution in [0.5, 0.6) is 0 Å². The Hall–Kier alpha value is -1.64. The molecule has 1 aromatic heterocycles. The second kappa shape index (κ2) is 4.47. The van der Waals surface area contributed by atoms with Crippen molar-refractivity contribution in [1.82, 2.24) is 9.55 Å². The lowest BCUT2D eigenvalue weighted by Gasteiger charge is -2.08. The Morgan fingerprint density at radius 3 is 2.94 bits per heavy atom. The van der Waals surface area contributed by atoms with Crippen LogP contribution in [0.25, 0.3) is 11.0 Å². The molecule has 0 aliphatic carbocycles. The van der Waals surface area contributed by atoms with E-state index in [1.807, 2.05) is 42.7 Å². The molecule has 0 radical (unpaired) electrons. The first kappa shape index (κ1) is 10.9. The molecule has 3 nitrogen and oxygen atoms in total. The summed E-state index contributed by atoms with van der Waals surface area (Å²) in [4.78, 5) is 16.1. The summed E-state index contributed by atoms with van der Waals surface area (Å²) >= 11 is 0. The van der Waals surface area contributed by atoms with Gasteiger partial charge in [0.25, 0.3) is 0 Å². The Bertz CT molecular complexity index is 501. The monoisotopic (exact) mass is 216 g/mol. The van der Waals surface area contributed by atoms with Gasteiger partial charge in [-0.15, -0.1) is 0 Å². The Morgan fingerprint density at radius 2 is 2.19 bits per heavy atom. The van der Waals surface area contributed by atoms with Crippen LogP contribution in [0.1, 0.15) is 20.3 Å². The van der Waals surface area contributed by atoms with E-state index in [-0.39, 0.29) is 11.7 Å². The molecule has 2 rings (SSSR count). The van der Waals surface area contributed by atoms with Crippen LogP contribution in [0.15, 0.2) is 30.6 Å². The van der Waals surface area contributed by atoms with E-state index < -0.39 is 0 Å². The number of carbonyl (C=O) groups excluding carboxylic acids is 1. The Morgan fingerprint density at radius 1 is 1.44 bits per heavy atom. The SMILES string of the molecule is CCC(C)C(=O)Cn1cnc2ccccc21. The maximum atomic E-state index is 11.8. The van der Waals surface area contributed by atoms with E-state index in [9.17, 15) is 4.79 Å². The number of para-hydroxylation sites is 2. The second-order valence-electron chi connectivity index (χ2n) is 4.14. The van der Waals surface area contributed by atoms with Crippen molar-refractivity contribution in [1.29, 1.82) is 0 Å². The quantitative estimate of drug-likeness (QED) is 0.787. The third-order valence-electron chi connectivity index (χ3n) is 3.02. The molecule has 0 amide bonds. The fraction of sp³-hybridized carbons (Fsp3) is 0.385. The summed E-state index contributed by atoms with van der Waals surface area (Å²) in [6, 6.07) is 7.87. The first-order chi connectivity index (χ1) is 7.72. The third-order valence-corrected chi connectivity index (χ3v) is 3.02. The van der Waals surface area contributed by atoms with Crippen molar-refractivity contribution < 1.29 is 4.79 Å². The van der Waals surface area contributed by atoms with Crippen molar-refractivity contribution in [2.75, 3.05) is 0 Å². The Labute approximate surface area is 95.1 Å². The van der Waals surface area contributed by atoms with Crippen LogP contribution in [0.3, 0.4) is 0 Å². The van der Waals surface area contributed by atoms with Gasteiger partial charge in [0, 0.05) is 5.92 Å². The number of fused-ring (bicyclic) bond motifs is 1. The number of imidazole rings is 1. The van der Waals surface area contributed by atoms with Gasteiger partial charge in [-0.1, -0.05) is 26.0 Å². The average molecular weight is 216 g/mol. The van der Waals surface area contributed by atoms with E-state index in [1.165, 1.54) is 0 Å². The van der Waals surface area contributed by atoms with Gasteiger partial charge in [0.1, 0.15) is 0 Å². The minimum atomic E-state index is 0.126. The topological polar surface area (TPSA) is 34.9 Å². The maximum Gasteiger partial charge on any atom is 0.155 e. The van der Waals surface area contributed by atoms with Crippen LogP contribution in [0, 0.1) is 5.92 Å². The molecule has 0 spiro atoms. The first-order valence-electron chi connectivity index (χ1n) is 5.65. The highest BCUT2D eigenvalue weighted by molar-refractivity contribution is 5.83. The largest absolute Gasteiger partial charge is 0.323 e. The number of hydrogen-bond donors (Lipinski definition) is 0. The lowest BCUT2D eigenvalue weighted by atomic mass is 10.0. The standard InChI is InChI=1S/C13H16N2O/c1-3-10(2)13(16)8-15-9-14-11-6-4-5-7-12(11)15/h4-7,9-10H,3,8H2,1-2H3. The number of ketones is 1. The summed E-state index contributed by atoms with van der Waals surface area (Å²) in [7, 11) is 0. The number of nitrogens with zero attached hydrogens (tertiary/aromatic N) is 2. The third kappa shape index (κ3) is 1.98. The number of benzene rings is 1. The first-order valence-corrected chi connectivity index (χ1v) is 5.65. The molecule has 0 bridgehead atoms. The lowest BCUT2D eigenvalue weighted by molar-refractivity contribution is -0.122. The Kier molecular flexibility index (Phi) is 3.04. The molecule has 1 heterocycles. The van der Waals surface area contributed by atoms with E-state index in [2.05, 4.69) is 4.98 Å². The summed E-state index contributed by atoms with van der Waals surface area (Å²) in [6.45, 7) is 4.44. The molecule has 0 saturated heterocycles. The summed E-state index contributed by atoms with van der Waals surface area (Å²) in [5, 5.41) is 0. The molecule has 3 heteroatoms. The zero-order valence-electron chi connectivity index (χ0n) is 9.68. The molecule has 2 aromatic rings. The van der Waals surface area contributed by atoms with Gasteiger partial charge in [0.05, 0.1) is 23.9 Å². The molecule has 1 aromatic carbocycles. The van der Waals surface area contributed by atoms with Crippen molar-refractivity contribution >= 4 is 16.8 Å². The zero-order valence-corrected chi connectivity index (χ0v) is 9.68. The summed E-state index contributed by atoms with van der Waals surface area (Å²) < 4.78 is 1.92. The van der Waals surface area contributed by atoms with E-state index in [0.717, 1.165) is 17.5 Å². The van der Waals surface area contributed by atoms with Crippen molar-refractivity contribution in [3.05, 3.63) is 30.6 Å². The number of Topliss-reactive ketones (excluding diaryl/α,β-unsaturated/α-hetero) is 1. The Balaban J connectivity index is 2.25. The van der Waals surface area contributed by atoms with Gasteiger partial charge in [-0.25, -0.2) is 4.98 Å². The molecule has 0 N–H and O–H groups in total. The van der Waals surface area contributed by atoms with Crippen LogP contribution in [0.2, 0.25) is 0 Å². The predicted molar refractivity (Wildman–Crippen MR) is 64.2 cm³/mol. The van der Waals surface area contributed by atoms with Crippen LogP contribution >= 0.6 is 0 Å². The maximum absolute atomic E-state index is 11.8. The van der Waals surface area contributed by atoms with Crippen LogP contribution in [-0.2, 0) is 11.3 Å². The molecule has 0 aliphatic rings. The zero-order chi connectivity index (χ0) is 11.5. The van der Waals surface area contributed by atoms with Crippen LogP contribution < -0.4 is 0 Å². The minimum absolute atomic E-state index is 0.126. The van der Waals surface area contributed by atoms with E-state index in [1.54, 1.807) is 6.33 Å². The summed E-state index contributed by atoms with van der Waals surface area (Å²) in [6.07, 6.45) is 2.64. The molecule has 84 valence electrons. The number of rotatable bonds is 4. The number of hydrogen-bond acceptors (Lipinski definition) is 2. The molecule has 16 heavy (non-hydrogen) atoms. The van der Waals surface area contributed by atoms with Crippen molar-refractivity contribution in [3.8, 4) is 0 Å². The number of aromatic nitrogens is 2. The highest BCUT2D eigenvalue weighted by Gasteiger charge is 2.12. The van der Waals surface area contributed by atoms with E-state index in [0.29, 0.717) is 6.54 Å². The van der Waals surface area contributed by atoms with Gasteiger partial charge >= 0.3 is 0 Å². The predicted octanol–water partition coefficient (Wildman–Crippen LogP) is 2.65. The lowest BCUT2D eigenvalue weighted by Crippen LogP contribution is -2.16. The molecule has 0 saturated carbocycles.